The zero-order valence-corrected chi connectivity index (χ0v) is 15.0. The zero-order valence-electron chi connectivity index (χ0n) is 14.3. The Hall–Kier alpha value is -2.86. The third-order valence-electron chi connectivity index (χ3n) is 3.35. The second-order valence-electron chi connectivity index (χ2n) is 5.33. The van der Waals surface area contributed by atoms with Crippen LogP contribution in [0.25, 0.3) is 11.2 Å². The van der Waals surface area contributed by atoms with Gasteiger partial charge in [0.05, 0.1) is 0 Å². The monoisotopic (exact) mass is 388 g/mol. The van der Waals surface area contributed by atoms with Crippen molar-refractivity contribution >= 4 is 34.7 Å². The molecule has 13 heteroatoms. The molecule has 0 saturated heterocycles. The van der Waals surface area contributed by atoms with Gasteiger partial charge in [-0.15, -0.1) is 0 Å². The molecule has 8 N–H and O–H groups in total. The molecule has 2 heterocycles. The Labute approximate surface area is 152 Å². The first-order valence-electron chi connectivity index (χ1n) is 7.41. The average Bonchev–Trinajstić information content (AvgIpc) is 2.97. The average molecular weight is 389 g/mol. The topological polar surface area (TPSA) is 200 Å². The lowest BCUT2D eigenvalue weighted by Crippen LogP contribution is -2.36. The van der Waals surface area contributed by atoms with Gasteiger partial charge in [-0.3, -0.25) is 23.7 Å². The van der Waals surface area contributed by atoms with Crippen molar-refractivity contribution in [1.82, 2.24) is 19.1 Å². The van der Waals surface area contributed by atoms with Crippen LogP contribution in [0.3, 0.4) is 0 Å². The lowest BCUT2D eigenvalue weighted by atomic mass is 10.2. The Morgan fingerprint density at radius 1 is 1.35 bits per heavy atom. The van der Waals surface area contributed by atoms with Crippen LogP contribution in [0, 0.1) is 0 Å². The summed E-state index contributed by atoms with van der Waals surface area (Å²) in [7, 11) is 2.93. The van der Waals surface area contributed by atoms with Crippen molar-refractivity contribution in [3.8, 4) is 0 Å². The number of carbonyl (C=O) groups is 1. The summed E-state index contributed by atoms with van der Waals surface area (Å²) in [4.78, 5) is 43.3. The van der Waals surface area contributed by atoms with Crippen LogP contribution < -0.4 is 28.5 Å². The lowest BCUT2D eigenvalue weighted by Gasteiger charge is -2.03. The van der Waals surface area contributed by atoms with E-state index in [1.807, 2.05) is 0 Å². The Bertz CT molecular complexity index is 925. The largest absolute Gasteiger partial charge is 0.480 e. The minimum atomic E-state index is -1.00. The van der Waals surface area contributed by atoms with E-state index in [0.29, 0.717) is 19.4 Å². The molecule has 0 aliphatic carbocycles. The van der Waals surface area contributed by atoms with Gasteiger partial charge in [-0.05, 0) is 24.4 Å². The van der Waals surface area contributed by atoms with Gasteiger partial charge in [0.25, 0.3) is 5.56 Å². The van der Waals surface area contributed by atoms with Crippen LogP contribution in [-0.2, 0) is 18.9 Å². The molecular weight excluding hydrogens is 368 g/mol. The fraction of sp³-hybridized carbons (Fsp3) is 0.462. The number of H-pyrrole nitrogens is 1. The van der Waals surface area contributed by atoms with Gasteiger partial charge in [-0.1, -0.05) is 0 Å². The van der Waals surface area contributed by atoms with E-state index in [4.69, 9.17) is 33.9 Å². The maximum Gasteiger partial charge on any atom is 0.332 e. The molecule has 2 aromatic heterocycles. The number of aromatic amines is 1. The fourth-order valence-electron chi connectivity index (χ4n) is 1.94. The van der Waals surface area contributed by atoms with Gasteiger partial charge in [0, 0.05) is 20.6 Å². The van der Waals surface area contributed by atoms with Crippen LogP contribution >= 0.6 is 11.6 Å². The number of rotatable bonds is 5. The first-order chi connectivity index (χ1) is 12.1. The van der Waals surface area contributed by atoms with Crippen molar-refractivity contribution in [2.45, 2.75) is 18.9 Å². The molecule has 26 heavy (non-hydrogen) atoms. The molecule has 1 atom stereocenters. The van der Waals surface area contributed by atoms with Gasteiger partial charge in [0.1, 0.15) is 6.04 Å². The number of nitrogens with one attached hydrogen (secondary N) is 1. The lowest BCUT2D eigenvalue weighted by molar-refractivity contribution is -0.138. The van der Waals surface area contributed by atoms with Crippen molar-refractivity contribution in [2.75, 3.05) is 6.54 Å². The number of halogens is 1. The van der Waals surface area contributed by atoms with E-state index in [0.717, 1.165) is 4.57 Å². The minimum Gasteiger partial charge on any atom is -0.480 e. The molecule has 0 aliphatic rings. The number of nitrogens with two attached hydrogens (primary N) is 3. The predicted molar refractivity (Wildman–Crippen MR) is 97.1 cm³/mol. The van der Waals surface area contributed by atoms with Crippen LogP contribution in [0.2, 0.25) is 5.28 Å². The van der Waals surface area contributed by atoms with Crippen molar-refractivity contribution < 1.29 is 9.90 Å². The number of fused-ring (bicyclic) bond motifs is 1. The van der Waals surface area contributed by atoms with Crippen LogP contribution in [0.4, 0.5) is 0 Å². The number of hydrogen-bond donors (Lipinski definition) is 5. The Balaban J connectivity index is 0.000000265. The molecule has 0 aromatic carbocycles. The van der Waals surface area contributed by atoms with E-state index in [-0.39, 0.29) is 22.4 Å². The fourth-order valence-corrected chi connectivity index (χ4v) is 2.12. The maximum atomic E-state index is 11.5. The standard InChI is InChI=1S/C7H7ClN4O2.C6H14N4O2/c1-11-4-3(9-6(8)10-4)5(13)12(2)7(11)14;7-4(5(11)12)2-1-3-10-6(8)9/h1-2H3,(H,9,10);4H,1-3,7H2,(H,11,12)(H4,8,9,10)/t;4-/m.0/s1. The number of carboxylic acids is 1. The van der Waals surface area contributed by atoms with Crippen LogP contribution in [0.15, 0.2) is 14.6 Å². The van der Waals surface area contributed by atoms with E-state index in [1.54, 1.807) is 0 Å². The van der Waals surface area contributed by atoms with E-state index in [1.165, 1.54) is 18.7 Å². The highest BCUT2D eigenvalue weighted by Crippen LogP contribution is 2.07. The molecule has 0 saturated carbocycles. The first-order valence-corrected chi connectivity index (χ1v) is 7.79. The SMILES string of the molecule is Cn1c(=O)c2[nH]c(Cl)nc2n(C)c1=O.NC(N)=NCCC[C@H](N)C(=O)O. The van der Waals surface area contributed by atoms with E-state index in [9.17, 15) is 14.4 Å². The van der Waals surface area contributed by atoms with Crippen LogP contribution in [0.1, 0.15) is 12.8 Å². The number of aryl methyl sites for hydroxylation is 1. The second kappa shape index (κ2) is 9.01. The van der Waals surface area contributed by atoms with Crippen LogP contribution in [-0.4, -0.2) is 48.7 Å². The molecule has 0 spiro atoms. The number of aromatic nitrogens is 4. The number of hydrogen-bond acceptors (Lipinski definition) is 6. The van der Waals surface area contributed by atoms with Crippen molar-refractivity contribution in [2.24, 2.45) is 36.3 Å². The smallest absolute Gasteiger partial charge is 0.332 e. The number of nitrogens with zero attached hydrogens (tertiary/aromatic N) is 4. The van der Waals surface area contributed by atoms with Gasteiger partial charge in [-0.2, -0.15) is 4.98 Å². The number of aliphatic carboxylic acids is 1. The summed E-state index contributed by atoms with van der Waals surface area (Å²) in [6.45, 7) is 0.420. The van der Waals surface area contributed by atoms with E-state index in [2.05, 4.69) is 15.0 Å². The number of imidazole rings is 1. The van der Waals surface area contributed by atoms with Gasteiger partial charge in [-0.25, -0.2) is 4.79 Å². The van der Waals surface area contributed by atoms with E-state index < -0.39 is 23.3 Å². The third kappa shape index (κ3) is 5.32. The second-order valence-corrected chi connectivity index (χ2v) is 5.68. The molecular formula is C13H21ClN8O4. The van der Waals surface area contributed by atoms with Gasteiger partial charge in [0.15, 0.2) is 17.1 Å². The summed E-state index contributed by atoms with van der Waals surface area (Å²) in [6, 6.07) is -0.820. The quantitative estimate of drug-likeness (QED) is 0.168. The summed E-state index contributed by atoms with van der Waals surface area (Å²) in [5.74, 6) is -0.987. The minimum absolute atomic E-state index is 0.0129. The maximum absolute atomic E-state index is 11.5. The molecule has 0 fully saturated rings. The predicted octanol–water partition coefficient (Wildman–Crippen LogP) is -1.93. The van der Waals surface area contributed by atoms with E-state index >= 15 is 0 Å². The Kier molecular flexibility index (Phi) is 7.34. The van der Waals surface area contributed by atoms with Gasteiger partial charge < -0.3 is 27.3 Å². The number of aliphatic imine (C=N–C) groups is 1. The first kappa shape index (κ1) is 21.2. The molecule has 0 radical (unpaired) electrons. The molecule has 2 aromatic rings. The molecule has 12 nitrogen and oxygen atoms in total. The summed E-state index contributed by atoms with van der Waals surface area (Å²) in [5, 5.41) is 8.48. The van der Waals surface area contributed by atoms with Gasteiger partial charge in [0.2, 0.25) is 5.28 Å². The molecule has 0 bridgehead atoms. The molecule has 0 amide bonds. The summed E-state index contributed by atoms with van der Waals surface area (Å²) < 4.78 is 2.26. The number of guanidine groups is 1. The summed E-state index contributed by atoms with van der Waals surface area (Å²) in [6.07, 6.45) is 0.956. The number of carboxylic acid groups (broad SMARTS) is 1. The molecule has 0 unspecified atom stereocenters. The van der Waals surface area contributed by atoms with Gasteiger partial charge >= 0.3 is 11.7 Å². The molecule has 144 valence electrons. The highest BCUT2D eigenvalue weighted by molar-refractivity contribution is 6.28. The third-order valence-corrected chi connectivity index (χ3v) is 3.53. The highest BCUT2D eigenvalue weighted by Gasteiger charge is 2.12. The highest BCUT2D eigenvalue weighted by atomic mass is 35.5. The Morgan fingerprint density at radius 3 is 2.50 bits per heavy atom. The van der Waals surface area contributed by atoms with Crippen LogP contribution in [0.5, 0.6) is 0 Å². The Morgan fingerprint density at radius 2 is 1.96 bits per heavy atom. The van der Waals surface area contributed by atoms with Crippen molar-refractivity contribution in [1.29, 1.82) is 0 Å². The summed E-state index contributed by atoms with van der Waals surface area (Å²) in [5.41, 5.74) is 15.0. The molecule has 0 aliphatic heterocycles. The summed E-state index contributed by atoms with van der Waals surface area (Å²) >= 11 is 5.60. The van der Waals surface area contributed by atoms with Crippen molar-refractivity contribution in [3.63, 3.8) is 0 Å². The van der Waals surface area contributed by atoms with Crippen molar-refractivity contribution in [3.05, 3.63) is 26.1 Å². The normalized spacial score (nSPS) is 11.5. The zero-order chi connectivity index (χ0) is 20.0. The molecule has 2 rings (SSSR count).